The summed E-state index contributed by atoms with van der Waals surface area (Å²) in [5.41, 5.74) is 2.77. The molecule has 3 atom stereocenters. The number of hydrogen-bond acceptors (Lipinski definition) is 5. The first-order valence-electron chi connectivity index (χ1n) is 11.6. The molecule has 180 valence electrons. The Kier molecular flexibility index (Phi) is 6.28. The second-order valence-electron chi connectivity index (χ2n) is 9.16. The summed E-state index contributed by atoms with van der Waals surface area (Å²) in [6.07, 6.45) is 4.66. The Morgan fingerprint density at radius 1 is 1.09 bits per heavy atom. The van der Waals surface area contributed by atoms with E-state index in [9.17, 15) is 17.9 Å². The molecule has 2 aromatic carbocycles. The number of aromatic nitrogens is 2. The molecule has 5 rings (SSSR count). The summed E-state index contributed by atoms with van der Waals surface area (Å²) in [5.74, 6) is -0.272. The Hall–Kier alpha value is -2.59. The van der Waals surface area contributed by atoms with Gasteiger partial charge in [0.05, 0.1) is 12.9 Å². The van der Waals surface area contributed by atoms with Crippen molar-refractivity contribution in [3.63, 3.8) is 0 Å². The monoisotopic (exact) mass is 484 g/mol. The summed E-state index contributed by atoms with van der Waals surface area (Å²) in [7, 11) is -1.95. The van der Waals surface area contributed by atoms with Crippen LogP contribution in [0.3, 0.4) is 0 Å². The molecule has 2 fully saturated rings. The number of aliphatic hydroxyl groups excluding tert-OH is 1. The zero-order valence-electron chi connectivity index (χ0n) is 19.1. The van der Waals surface area contributed by atoms with Crippen LogP contribution in [0.2, 0.25) is 0 Å². The second-order valence-corrected chi connectivity index (χ2v) is 11.0. The van der Waals surface area contributed by atoms with Gasteiger partial charge in [0.2, 0.25) is 0 Å². The van der Waals surface area contributed by atoms with Gasteiger partial charge in [0, 0.05) is 44.3 Å². The third-order valence-corrected chi connectivity index (χ3v) is 8.82. The molecule has 2 aliphatic heterocycles. The minimum absolute atomic E-state index is 0.00564. The predicted octanol–water partition coefficient (Wildman–Crippen LogP) is 2.84. The largest absolute Gasteiger partial charge is 0.395 e. The van der Waals surface area contributed by atoms with E-state index in [1.54, 1.807) is 22.0 Å². The molecule has 0 saturated carbocycles. The summed E-state index contributed by atoms with van der Waals surface area (Å²) >= 11 is 0. The summed E-state index contributed by atoms with van der Waals surface area (Å²) in [5, 5.41) is 10.2. The van der Waals surface area contributed by atoms with Gasteiger partial charge >= 0.3 is 0 Å². The van der Waals surface area contributed by atoms with Crippen molar-refractivity contribution in [3.05, 3.63) is 72.4 Å². The molecule has 2 saturated heterocycles. The van der Waals surface area contributed by atoms with Crippen molar-refractivity contribution >= 4 is 10.0 Å². The fourth-order valence-corrected chi connectivity index (χ4v) is 6.81. The first-order chi connectivity index (χ1) is 16.4. The first kappa shape index (κ1) is 23.2. The molecule has 7 nitrogen and oxygen atoms in total. The van der Waals surface area contributed by atoms with Crippen LogP contribution in [0.15, 0.2) is 66.1 Å². The van der Waals surface area contributed by atoms with Crippen LogP contribution in [0.5, 0.6) is 0 Å². The maximum absolute atomic E-state index is 13.6. The van der Waals surface area contributed by atoms with Gasteiger partial charge in [-0.25, -0.2) is 17.8 Å². The van der Waals surface area contributed by atoms with Crippen molar-refractivity contribution < 1.29 is 17.9 Å². The van der Waals surface area contributed by atoms with E-state index in [4.69, 9.17) is 0 Å². The number of aliphatic hydroxyl groups is 1. The van der Waals surface area contributed by atoms with E-state index in [0.717, 1.165) is 36.1 Å². The fourth-order valence-electron chi connectivity index (χ4n) is 5.35. The smallest absolute Gasteiger partial charge is 0.262 e. The molecule has 34 heavy (non-hydrogen) atoms. The Morgan fingerprint density at radius 2 is 1.85 bits per heavy atom. The van der Waals surface area contributed by atoms with Crippen LogP contribution < -0.4 is 0 Å². The Morgan fingerprint density at radius 3 is 2.53 bits per heavy atom. The molecule has 0 unspecified atom stereocenters. The van der Waals surface area contributed by atoms with Crippen molar-refractivity contribution in [2.75, 3.05) is 26.2 Å². The number of sulfonamides is 1. The fraction of sp³-hybridized carbons (Fsp3) is 0.400. The quantitative estimate of drug-likeness (QED) is 0.603. The van der Waals surface area contributed by atoms with Gasteiger partial charge in [0.1, 0.15) is 5.82 Å². The lowest BCUT2D eigenvalue weighted by Crippen LogP contribution is -2.67. The number of nitrogens with zero attached hydrogens (tertiary/aromatic N) is 4. The van der Waals surface area contributed by atoms with E-state index in [0.29, 0.717) is 13.1 Å². The Bertz CT molecular complexity index is 1260. The highest BCUT2D eigenvalue weighted by atomic mass is 32.2. The summed E-state index contributed by atoms with van der Waals surface area (Å²) in [4.78, 5) is 6.33. The molecular weight excluding hydrogens is 455 g/mol. The zero-order chi connectivity index (χ0) is 23.9. The molecule has 9 heteroatoms. The molecule has 1 aromatic heterocycles. The molecule has 0 spiro atoms. The lowest BCUT2D eigenvalue weighted by Gasteiger charge is -2.57. The molecule has 2 aliphatic rings. The second kappa shape index (κ2) is 9.22. The lowest BCUT2D eigenvalue weighted by molar-refractivity contribution is -0.0554. The zero-order valence-corrected chi connectivity index (χ0v) is 19.9. The van der Waals surface area contributed by atoms with E-state index in [1.165, 1.54) is 24.7 Å². The standard InChI is InChI=1S/C25H29FN4O3S/c1-28-15-24(27-17-28)34(32,33)29-11-2-3-12-30-22(14-29)25(23(30)16-31)19-9-7-18(8-10-19)20-5-4-6-21(26)13-20/h4-10,13,15,17,22-23,25,31H,2-3,11-12,14,16H2,1H3/t22-,23+,25-/m0/s1. The Labute approximate surface area is 199 Å². The minimum atomic E-state index is -3.70. The van der Waals surface area contributed by atoms with Crippen LogP contribution in [0.4, 0.5) is 4.39 Å². The van der Waals surface area contributed by atoms with Gasteiger partial charge in [-0.3, -0.25) is 4.90 Å². The summed E-state index contributed by atoms with van der Waals surface area (Å²) in [6.45, 7) is 1.66. The van der Waals surface area contributed by atoms with Crippen molar-refractivity contribution in [2.24, 2.45) is 7.05 Å². The SMILES string of the molecule is Cn1cnc(S(=O)(=O)N2CCCCN3[C@H](CO)[C@@H](c4ccc(-c5cccc(F)c5)cc4)[C@@H]3C2)c1. The van der Waals surface area contributed by atoms with E-state index < -0.39 is 10.0 Å². The Balaban J connectivity index is 1.42. The van der Waals surface area contributed by atoms with Gasteiger partial charge in [-0.2, -0.15) is 4.31 Å². The molecule has 0 bridgehead atoms. The van der Waals surface area contributed by atoms with Gasteiger partial charge in [0.15, 0.2) is 5.03 Å². The van der Waals surface area contributed by atoms with Gasteiger partial charge in [-0.15, -0.1) is 0 Å². The lowest BCUT2D eigenvalue weighted by atomic mass is 9.74. The predicted molar refractivity (Wildman–Crippen MR) is 127 cm³/mol. The molecule has 0 aliphatic carbocycles. The van der Waals surface area contributed by atoms with Crippen molar-refractivity contribution in [3.8, 4) is 11.1 Å². The van der Waals surface area contributed by atoms with Crippen LogP contribution in [-0.4, -0.2) is 70.6 Å². The highest BCUT2D eigenvalue weighted by Gasteiger charge is 2.50. The van der Waals surface area contributed by atoms with E-state index in [2.05, 4.69) is 9.88 Å². The average molecular weight is 485 g/mol. The summed E-state index contributed by atoms with van der Waals surface area (Å²) < 4.78 is 43.5. The van der Waals surface area contributed by atoms with Crippen molar-refractivity contribution in [1.29, 1.82) is 0 Å². The third-order valence-electron chi connectivity index (χ3n) is 7.07. The number of fused-ring (bicyclic) bond motifs is 1. The molecule has 3 heterocycles. The van der Waals surface area contributed by atoms with Crippen molar-refractivity contribution in [2.45, 2.75) is 35.9 Å². The summed E-state index contributed by atoms with van der Waals surface area (Å²) in [6, 6.07) is 14.4. The van der Waals surface area contributed by atoms with Crippen molar-refractivity contribution in [1.82, 2.24) is 18.8 Å². The van der Waals surface area contributed by atoms with Crippen LogP contribution in [0.1, 0.15) is 24.3 Å². The maximum atomic E-state index is 13.6. The third kappa shape index (κ3) is 4.17. The van der Waals surface area contributed by atoms with Gasteiger partial charge in [-0.1, -0.05) is 36.4 Å². The first-order valence-corrected chi connectivity index (χ1v) is 13.0. The number of halogens is 1. The van der Waals surface area contributed by atoms with E-state index in [-0.39, 0.29) is 35.5 Å². The van der Waals surface area contributed by atoms with Crippen LogP contribution in [-0.2, 0) is 17.1 Å². The molecular formula is C25H29FN4O3S. The van der Waals surface area contributed by atoms with Crippen LogP contribution in [0.25, 0.3) is 11.1 Å². The number of hydrogen-bond donors (Lipinski definition) is 1. The maximum Gasteiger partial charge on any atom is 0.262 e. The highest BCUT2D eigenvalue weighted by Crippen LogP contribution is 2.43. The van der Waals surface area contributed by atoms with E-state index >= 15 is 0 Å². The van der Waals surface area contributed by atoms with Crippen LogP contribution in [0, 0.1) is 5.82 Å². The van der Waals surface area contributed by atoms with Gasteiger partial charge < -0.3 is 9.67 Å². The van der Waals surface area contributed by atoms with Gasteiger partial charge in [-0.05, 0) is 48.2 Å². The molecule has 0 radical (unpaired) electrons. The number of aryl methyl sites for hydroxylation is 1. The normalized spacial score (nSPS) is 24.1. The van der Waals surface area contributed by atoms with E-state index in [1.807, 2.05) is 30.3 Å². The molecule has 0 amide bonds. The highest BCUT2D eigenvalue weighted by molar-refractivity contribution is 7.89. The molecule has 1 N–H and O–H groups in total. The number of imidazole rings is 1. The molecule has 3 aromatic rings. The number of rotatable bonds is 5. The van der Waals surface area contributed by atoms with Gasteiger partial charge in [0.25, 0.3) is 10.0 Å². The topological polar surface area (TPSA) is 78.7 Å². The van der Waals surface area contributed by atoms with Crippen LogP contribution >= 0.6 is 0 Å². The number of benzene rings is 2. The minimum Gasteiger partial charge on any atom is -0.395 e. The average Bonchev–Trinajstić information content (AvgIpc) is 3.25.